The Labute approximate surface area is 73.7 Å². The molecule has 2 N–H and O–H groups in total. The fourth-order valence-electron chi connectivity index (χ4n) is 0.750. The van der Waals surface area contributed by atoms with Crippen molar-refractivity contribution < 1.29 is 14.8 Å². The molecule has 72 valence electrons. The van der Waals surface area contributed by atoms with E-state index in [-0.39, 0.29) is 6.21 Å². The third kappa shape index (κ3) is 11.8. The van der Waals surface area contributed by atoms with Crippen molar-refractivity contribution in [1.82, 2.24) is 0 Å². The van der Waals surface area contributed by atoms with Gasteiger partial charge in [-0.2, -0.15) is 0 Å². The van der Waals surface area contributed by atoms with Crippen molar-refractivity contribution in [3.63, 3.8) is 0 Å². The zero-order chi connectivity index (χ0) is 9.98. The Bertz CT molecular complexity index is 117. The second-order valence-corrected chi connectivity index (χ2v) is 2.27. The molecule has 0 rings (SSSR count). The maximum Gasteiger partial charge on any atom is 0.0818 e. The quantitative estimate of drug-likeness (QED) is 0.500. The number of rotatable bonds is 4. The lowest BCUT2D eigenvalue weighted by Crippen LogP contribution is -3.11. The van der Waals surface area contributed by atoms with Crippen molar-refractivity contribution in [3.05, 3.63) is 0 Å². The van der Waals surface area contributed by atoms with Gasteiger partial charge < -0.3 is 20.2 Å². The van der Waals surface area contributed by atoms with Gasteiger partial charge in [0.1, 0.15) is 0 Å². The van der Waals surface area contributed by atoms with Crippen molar-refractivity contribution in [2.24, 2.45) is 0 Å². The molecule has 0 saturated carbocycles. The lowest BCUT2D eigenvalue weighted by atomic mass is 10.5. The zero-order valence-corrected chi connectivity index (χ0v) is 8.02. The van der Waals surface area contributed by atoms with Crippen LogP contribution < -0.4 is 10.0 Å². The van der Waals surface area contributed by atoms with Gasteiger partial charge in [0.25, 0.3) is 0 Å². The molecule has 0 fully saturated rings. The fourth-order valence-corrected chi connectivity index (χ4v) is 0.750. The molecule has 12 heavy (non-hydrogen) atoms. The minimum atomic E-state index is -1.45. The highest BCUT2D eigenvalue weighted by Gasteiger charge is 1.92. The standard InChI is InChI=1S/C6H15N.C2H3NO2/c1-4-7(5-2)6-3;3-1-2(4)5/h4-6H2,1-3H3;1,3H,(H,4,5). The first-order valence-electron chi connectivity index (χ1n) is 4.17. The Hall–Kier alpha value is -0.900. The van der Waals surface area contributed by atoms with Crippen LogP contribution in [0.5, 0.6) is 0 Å². The van der Waals surface area contributed by atoms with E-state index >= 15 is 0 Å². The largest absolute Gasteiger partial charge is 0.544 e. The summed E-state index contributed by atoms with van der Waals surface area (Å²) < 4.78 is 0. The van der Waals surface area contributed by atoms with E-state index in [4.69, 9.17) is 15.3 Å². The topological polar surface area (TPSA) is 68.4 Å². The van der Waals surface area contributed by atoms with E-state index in [1.807, 2.05) is 0 Å². The van der Waals surface area contributed by atoms with Gasteiger partial charge in [0, 0.05) is 6.21 Å². The Morgan fingerprint density at radius 1 is 1.33 bits per heavy atom. The van der Waals surface area contributed by atoms with Crippen LogP contribution in [-0.2, 0) is 4.79 Å². The van der Waals surface area contributed by atoms with E-state index in [0.29, 0.717) is 0 Å². The molecule has 0 saturated heterocycles. The van der Waals surface area contributed by atoms with Gasteiger partial charge in [-0.15, -0.1) is 0 Å². The van der Waals surface area contributed by atoms with Crippen molar-refractivity contribution in [2.45, 2.75) is 20.8 Å². The monoisotopic (exact) mass is 174 g/mol. The number of carboxylic acid groups (broad SMARTS) is 1. The highest BCUT2D eigenvalue weighted by atomic mass is 16.4. The zero-order valence-electron chi connectivity index (χ0n) is 8.02. The summed E-state index contributed by atoms with van der Waals surface area (Å²) >= 11 is 0. The fraction of sp³-hybridized carbons (Fsp3) is 0.750. The molecular weight excluding hydrogens is 156 g/mol. The van der Waals surface area contributed by atoms with E-state index in [1.54, 1.807) is 4.90 Å². The first-order chi connectivity index (χ1) is 5.62. The molecule has 0 unspecified atom stereocenters. The predicted octanol–water partition coefficient (Wildman–Crippen LogP) is -1.68. The molecule has 0 aliphatic rings. The summed E-state index contributed by atoms with van der Waals surface area (Å²) in [5.41, 5.74) is 0. The van der Waals surface area contributed by atoms with Gasteiger partial charge in [-0.05, 0) is 20.8 Å². The smallest absolute Gasteiger partial charge is 0.0818 e. The average molecular weight is 174 g/mol. The van der Waals surface area contributed by atoms with Crippen LogP contribution in [0.4, 0.5) is 0 Å². The van der Waals surface area contributed by atoms with Crippen molar-refractivity contribution in [3.8, 4) is 0 Å². The minimum Gasteiger partial charge on any atom is -0.544 e. The normalized spacial score (nSPS) is 8.67. The third-order valence-electron chi connectivity index (χ3n) is 1.62. The average Bonchev–Trinajstić information content (AvgIpc) is 2.09. The number of carbonyl (C=O) groups is 1. The van der Waals surface area contributed by atoms with E-state index in [9.17, 15) is 0 Å². The molecule has 0 aliphatic heterocycles. The molecular formula is C8H18N2O2. The summed E-state index contributed by atoms with van der Waals surface area (Å²) in [4.78, 5) is 10.7. The molecule has 0 spiro atoms. The summed E-state index contributed by atoms with van der Waals surface area (Å²) in [6.45, 7) is 10.5. The minimum absolute atomic E-state index is 0.222. The molecule has 0 aromatic rings. The summed E-state index contributed by atoms with van der Waals surface area (Å²) in [5.74, 6) is -1.45. The number of aliphatic carboxylic acids is 1. The molecule has 0 atom stereocenters. The molecule has 0 aliphatic carbocycles. The van der Waals surface area contributed by atoms with Crippen LogP contribution in [0.25, 0.3) is 0 Å². The predicted molar refractivity (Wildman–Crippen MR) is 46.4 cm³/mol. The van der Waals surface area contributed by atoms with E-state index in [0.717, 1.165) is 0 Å². The van der Waals surface area contributed by atoms with Gasteiger partial charge in [0.15, 0.2) is 0 Å². The summed E-state index contributed by atoms with van der Waals surface area (Å²) in [6, 6.07) is 0. The van der Waals surface area contributed by atoms with Crippen LogP contribution in [0.1, 0.15) is 20.8 Å². The molecule has 4 heteroatoms. The van der Waals surface area contributed by atoms with E-state index < -0.39 is 5.97 Å². The number of carbonyl (C=O) groups excluding carboxylic acids is 1. The van der Waals surface area contributed by atoms with E-state index in [1.165, 1.54) is 19.6 Å². The first kappa shape index (κ1) is 13.7. The molecule has 0 radical (unpaired) electrons. The van der Waals surface area contributed by atoms with Crippen LogP contribution in [0.15, 0.2) is 0 Å². The SMILES string of the molecule is CC[NH+](CC)CC.N=CC(=O)[O-]. The summed E-state index contributed by atoms with van der Waals surface area (Å²) in [5, 5.41) is 14.9. The van der Waals surface area contributed by atoms with Crippen LogP contribution >= 0.6 is 0 Å². The summed E-state index contributed by atoms with van der Waals surface area (Å²) in [7, 11) is 0. The van der Waals surface area contributed by atoms with E-state index in [2.05, 4.69) is 20.8 Å². The molecule has 0 bridgehead atoms. The van der Waals surface area contributed by atoms with Gasteiger partial charge in [-0.1, -0.05) is 0 Å². The van der Waals surface area contributed by atoms with Gasteiger partial charge in [0.2, 0.25) is 0 Å². The number of carboxylic acids is 1. The van der Waals surface area contributed by atoms with Crippen molar-refractivity contribution in [1.29, 1.82) is 5.41 Å². The molecule has 0 amide bonds. The molecule has 0 heterocycles. The lowest BCUT2D eigenvalue weighted by Gasteiger charge is -2.10. The van der Waals surface area contributed by atoms with Crippen molar-refractivity contribution in [2.75, 3.05) is 19.6 Å². The first-order valence-corrected chi connectivity index (χ1v) is 4.17. The Kier molecular flexibility index (Phi) is 11.5. The van der Waals surface area contributed by atoms with Crippen LogP contribution in [0.2, 0.25) is 0 Å². The maximum atomic E-state index is 9.01. The number of hydrogen-bond acceptors (Lipinski definition) is 3. The van der Waals surface area contributed by atoms with Gasteiger partial charge >= 0.3 is 0 Å². The van der Waals surface area contributed by atoms with Crippen molar-refractivity contribution >= 4 is 12.2 Å². The second-order valence-electron chi connectivity index (χ2n) is 2.27. The van der Waals surface area contributed by atoms with Crippen LogP contribution in [0, 0.1) is 5.41 Å². The number of hydrogen-bond donors (Lipinski definition) is 2. The van der Waals surface area contributed by atoms with Gasteiger partial charge in [0.05, 0.1) is 25.6 Å². The third-order valence-corrected chi connectivity index (χ3v) is 1.62. The number of nitrogens with one attached hydrogen (secondary N) is 2. The highest BCUT2D eigenvalue weighted by Crippen LogP contribution is 1.45. The molecule has 0 aromatic heterocycles. The number of quaternary nitrogens is 1. The Morgan fingerprint density at radius 3 is 1.58 bits per heavy atom. The lowest BCUT2D eigenvalue weighted by molar-refractivity contribution is -0.894. The molecule has 0 aromatic carbocycles. The Balaban J connectivity index is 0. The van der Waals surface area contributed by atoms with Crippen LogP contribution in [0.3, 0.4) is 0 Å². The van der Waals surface area contributed by atoms with Crippen LogP contribution in [-0.4, -0.2) is 31.8 Å². The van der Waals surface area contributed by atoms with Gasteiger partial charge in [-0.25, -0.2) is 0 Å². The summed E-state index contributed by atoms with van der Waals surface area (Å²) in [6.07, 6.45) is 0.222. The Morgan fingerprint density at radius 2 is 1.58 bits per heavy atom. The molecule has 4 nitrogen and oxygen atoms in total. The van der Waals surface area contributed by atoms with Gasteiger partial charge in [-0.3, -0.25) is 0 Å². The second kappa shape index (κ2) is 10.1. The maximum absolute atomic E-state index is 9.01. The highest BCUT2D eigenvalue weighted by molar-refractivity contribution is 6.19.